The van der Waals surface area contributed by atoms with Crippen molar-refractivity contribution >= 4 is 10.9 Å². The second kappa shape index (κ2) is 6.55. The molecule has 3 aromatic rings. The Labute approximate surface area is 138 Å². The number of fused-ring (bicyclic) bond motifs is 1. The van der Waals surface area contributed by atoms with Crippen LogP contribution in [0, 0.1) is 13.8 Å². The zero-order valence-electron chi connectivity index (χ0n) is 14.5. The molecular formula is C20H25N3. The molecule has 23 heavy (non-hydrogen) atoms. The first kappa shape index (κ1) is 15.8. The number of rotatable bonds is 5. The lowest BCUT2D eigenvalue weighted by Crippen LogP contribution is -2.26. The van der Waals surface area contributed by atoms with Gasteiger partial charge in [-0.2, -0.15) is 5.10 Å². The number of aromatic nitrogens is 2. The monoisotopic (exact) mass is 307 g/mol. The van der Waals surface area contributed by atoms with Gasteiger partial charge in [-0.05, 0) is 44.1 Å². The van der Waals surface area contributed by atoms with Gasteiger partial charge in [-0.3, -0.25) is 4.90 Å². The van der Waals surface area contributed by atoms with Crippen LogP contribution in [-0.2, 0) is 6.67 Å². The lowest BCUT2D eigenvalue weighted by molar-refractivity contribution is 0.234. The molecule has 0 aliphatic heterocycles. The standard InChI is InChI=1S/C20H25N3/c1-5-22(6-2)14-23-18-13-9-11-16(4)19(18)20(21-23)17-12-8-7-10-15(17)3/h7-13H,5-6,14H2,1-4H3. The zero-order valence-corrected chi connectivity index (χ0v) is 14.5. The summed E-state index contributed by atoms with van der Waals surface area (Å²) < 4.78 is 2.15. The van der Waals surface area contributed by atoms with Crippen molar-refractivity contribution < 1.29 is 0 Å². The predicted octanol–water partition coefficient (Wildman–Crippen LogP) is 4.62. The highest BCUT2D eigenvalue weighted by atomic mass is 15.4. The highest BCUT2D eigenvalue weighted by Crippen LogP contribution is 2.32. The van der Waals surface area contributed by atoms with Gasteiger partial charge in [0.1, 0.15) is 5.69 Å². The molecule has 0 bridgehead atoms. The molecule has 3 rings (SSSR count). The fourth-order valence-electron chi connectivity index (χ4n) is 3.15. The SMILES string of the molecule is CCN(CC)Cn1nc(-c2ccccc2C)c2c(C)cccc21. The molecule has 0 N–H and O–H groups in total. The Morgan fingerprint density at radius 2 is 1.61 bits per heavy atom. The molecule has 3 heteroatoms. The average molecular weight is 307 g/mol. The van der Waals surface area contributed by atoms with E-state index >= 15 is 0 Å². The molecule has 0 fully saturated rings. The van der Waals surface area contributed by atoms with Gasteiger partial charge in [0.25, 0.3) is 0 Å². The Bertz CT molecular complexity index is 813. The van der Waals surface area contributed by atoms with Gasteiger partial charge in [0.15, 0.2) is 0 Å². The third kappa shape index (κ3) is 2.89. The van der Waals surface area contributed by atoms with Crippen molar-refractivity contribution in [2.75, 3.05) is 13.1 Å². The Kier molecular flexibility index (Phi) is 4.49. The topological polar surface area (TPSA) is 21.1 Å². The van der Waals surface area contributed by atoms with Crippen LogP contribution in [0.1, 0.15) is 25.0 Å². The van der Waals surface area contributed by atoms with Crippen LogP contribution in [0.25, 0.3) is 22.2 Å². The van der Waals surface area contributed by atoms with Crippen LogP contribution >= 0.6 is 0 Å². The number of hydrogen-bond acceptors (Lipinski definition) is 2. The van der Waals surface area contributed by atoms with Crippen LogP contribution in [0.2, 0.25) is 0 Å². The van der Waals surface area contributed by atoms with E-state index in [1.807, 2.05) is 0 Å². The average Bonchev–Trinajstić information content (AvgIpc) is 2.93. The van der Waals surface area contributed by atoms with Crippen molar-refractivity contribution in [1.29, 1.82) is 0 Å². The van der Waals surface area contributed by atoms with Crippen molar-refractivity contribution in [2.45, 2.75) is 34.4 Å². The molecule has 2 aromatic carbocycles. The summed E-state index contributed by atoms with van der Waals surface area (Å²) in [4.78, 5) is 2.39. The molecule has 1 heterocycles. The fraction of sp³-hybridized carbons (Fsp3) is 0.350. The van der Waals surface area contributed by atoms with Crippen molar-refractivity contribution in [3.63, 3.8) is 0 Å². The third-order valence-corrected chi connectivity index (χ3v) is 4.61. The summed E-state index contributed by atoms with van der Waals surface area (Å²) in [6.45, 7) is 11.6. The summed E-state index contributed by atoms with van der Waals surface area (Å²) in [5.74, 6) is 0. The third-order valence-electron chi connectivity index (χ3n) is 4.61. The lowest BCUT2D eigenvalue weighted by Gasteiger charge is -2.18. The van der Waals surface area contributed by atoms with Crippen LogP contribution in [0.15, 0.2) is 42.5 Å². The van der Waals surface area contributed by atoms with Crippen LogP contribution < -0.4 is 0 Å². The van der Waals surface area contributed by atoms with E-state index in [4.69, 9.17) is 5.10 Å². The molecule has 3 nitrogen and oxygen atoms in total. The Hall–Kier alpha value is -2.13. The molecule has 0 radical (unpaired) electrons. The Balaban J connectivity index is 2.21. The molecular weight excluding hydrogens is 282 g/mol. The Morgan fingerprint density at radius 1 is 0.913 bits per heavy atom. The van der Waals surface area contributed by atoms with Crippen molar-refractivity contribution in [3.8, 4) is 11.3 Å². The van der Waals surface area contributed by atoms with E-state index in [-0.39, 0.29) is 0 Å². The van der Waals surface area contributed by atoms with Gasteiger partial charge < -0.3 is 0 Å². The van der Waals surface area contributed by atoms with Gasteiger partial charge in [0.2, 0.25) is 0 Å². The van der Waals surface area contributed by atoms with E-state index in [1.165, 1.54) is 27.6 Å². The molecule has 0 atom stereocenters. The van der Waals surface area contributed by atoms with Gasteiger partial charge in [-0.1, -0.05) is 50.2 Å². The normalized spacial score (nSPS) is 11.5. The first-order valence-corrected chi connectivity index (χ1v) is 8.40. The summed E-state index contributed by atoms with van der Waals surface area (Å²) in [6.07, 6.45) is 0. The second-order valence-electron chi connectivity index (χ2n) is 6.08. The largest absolute Gasteiger partial charge is 0.285 e. The van der Waals surface area contributed by atoms with E-state index < -0.39 is 0 Å². The van der Waals surface area contributed by atoms with Gasteiger partial charge >= 0.3 is 0 Å². The molecule has 120 valence electrons. The van der Waals surface area contributed by atoms with E-state index in [9.17, 15) is 0 Å². The van der Waals surface area contributed by atoms with Gasteiger partial charge in [0.05, 0.1) is 12.2 Å². The molecule has 0 spiro atoms. The van der Waals surface area contributed by atoms with E-state index in [0.29, 0.717) is 0 Å². The van der Waals surface area contributed by atoms with Gasteiger partial charge in [0, 0.05) is 10.9 Å². The van der Waals surface area contributed by atoms with Crippen molar-refractivity contribution in [2.24, 2.45) is 0 Å². The highest BCUT2D eigenvalue weighted by molar-refractivity contribution is 5.96. The maximum atomic E-state index is 4.99. The zero-order chi connectivity index (χ0) is 16.4. The number of benzene rings is 2. The number of nitrogens with zero attached hydrogens (tertiary/aromatic N) is 3. The lowest BCUT2D eigenvalue weighted by atomic mass is 10.0. The molecule has 0 unspecified atom stereocenters. The first-order chi connectivity index (χ1) is 11.2. The minimum Gasteiger partial charge on any atom is -0.285 e. The summed E-state index contributed by atoms with van der Waals surface area (Å²) in [6, 6.07) is 15.0. The summed E-state index contributed by atoms with van der Waals surface area (Å²) in [7, 11) is 0. The predicted molar refractivity (Wildman–Crippen MR) is 97.6 cm³/mol. The molecule has 1 aromatic heterocycles. The van der Waals surface area contributed by atoms with Gasteiger partial charge in [-0.25, -0.2) is 4.68 Å². The first-order valence-electron chi connectivity index (χ1n) is 8.40. The van der Waals surface area contributed by atoms with E-state index in [1.54, 1.807) is 0 Å². The maximum absolute atomic E-state index is 4.99. The van der Waals surface area contributed by atoms with E-state index in [2.05, 4.69) is 79.7 Å². The summed E-state index contributed by atoms with van der Waals surface area (Å²) in [5, 5.41) is 6.26. The fourth-order valence-corrected chi connectivity index (χ4v) is 3.15. The summed E-state index contributed by atoms with van der Waals surface area (Å²) >= 11 is 0. The summed E-state index contributed by atoms with van der Waals surface area (Å²) in [5.41, 5.74) is 6.10. The molecule has 0 amide bonds. The minimum atomic E-state index is 0.832. The van der Waals surface area contributed by atoms with Crippen molar-refractivity contribution in [1.82, 2.24) is 14.7 Å². The molecule has 0 saturated heterocycles. The maximum Gasteiger partial charge on any atom is 0.101 e. The van der Waals surface area contributed by atoms with Gasteiger partial charge in [-0.15, -0.1) is 0 Å². The van der Waals surface area contributed by atoms with Crippen LogP contribution in [-0.4, -0.2) is 27.8 Å². The van der Waals surface area contributed by atoms with E-state index in [0.717, 1.165) is 25.5 Å². The number of aryl methyl sites for hydroxylation is 2. The smallest absolute Gasteiger partial charge is 0.101 e. The van der Waals surface area contributed by atoms with Crippen LogP contribution in [0.3, 0.4) is 0 Å². The minimum absolute atomic E-state index is 0.832. The number of hydrogen-bond donors (Lipinski definition) is 0. The Morgan fingerprint density at radius 3 is 2.30 bits per heavy atom. The molecule has 0 aliphatic rings. The second-order valence-corrected chi connectivity index (χ2v) is 6.08. The van der Waals surface area contributed by atoms with Crippen LogP contribution in [0.4, 0.5) is 0 Å². The van der Waals surface area contributed by atoms with Crippen molar-refractivity contribution in [3.05, 3.63) is 53.6 Å². The highest BCUT2D eigenvalue weighted by Gasteiger charge is 2.16. The molecule has 0 saturated carbocycles. The molecule has 0 aliphatic carbocycles. The quantitative estimate of drug-likeness (QED) is 0.686. The van der Waals surface area contributed by atoms with Crippen LogP contribution in [0.5, 0.6) is 0 Å².